The zero-order valence-electron chi connectivity index (χ0n) is 16.6. The number of halogens is 1. The monoisotopic (exact) mass is 413 g/mol. The maximum atomic E-state index is 13.1. The number of carbonyl (C=O) groups is 2. The highest BCUT2D eigenvalue weighted by atomic mass is 19.1. The molecule has 8 heteroatoms. The molecule has 2 aromatic rings. The number of benzene rings is 2. The van der Waals surface area contributed by atoms with Crippen molar-refractivity contribution >= 4 is 17.5 Å². The third-order valence-corrected chi connectivity index (χ3v) is 4.66. The molecule has 3 rings (SSSR count). The Morgan fingerprint density at radius 3 is 2.63 bits per heavy atom. The average molecular weight is 413 g/mol. The smallest absolute Gasteiger partial charge is 0.265 e. The Labute approximate surface area is 174 Å². The molecule has 2 aromatic carbocycles. The molecule has 0 aromatic heterocycles. The molecule has 2 atom stereocenters. The number of amides is 2. The minimum absolute atomic E-state index is 0.237. The Kier molecular flexibility index (Phi) is 7.51. The first-order valence-corrected chi connectivity index (χ1v) is 9.66. The van der Waals surface area contributed by atoms with Crippen LogP contribution in [0, 0.1) is 5.82 Å². The standard InChI is InChI=1S/C22H24FN3O4/c1-29-12-11-24-21(27)19(13-15-5-3-2-4-6-15)25-22(28)20-14-18(26-30-20)16-7-9-17(23)10-8-16/h2-10,19-20H,11-14H2,1H3,(H,24,27)(H,25,28)/t19-,20-/m1/s1. The Morgan fingerprint density at radius 2 is 1.93 bits per heavy atom. The second-order valence-electron chi connectivity index (χ2n) is 6.88. The lowest BCUT2D eigenvalue weighted by atomic mass is 10.0. The predicted octanol–water partition coefficient (Wildman–Crippen LogP) is 1.81. The van der Waals surface area contributed by atoms with Crippen molar-refractivity contribution in [2.24, 2.45) is 5.16 Å². The van der Waals surface area contributed by atoms with E-state index in [-0.39, 0.29) is 18.1 Å². The summed E-state index contributed by atoms with van der Waals surface area (Å²) in [7, 11) is 1.55. The molecule has 0 saturated carbocycles. The highest BCUT2D eigenvalue weighted by Gasteiger charge is 2.32. The molecule has 0 bridgehead atoms. The fourth-order valence-electron chi connectivity index (χ4n) is 3.05. The molecular weight excluding hydrogens is 389 g/mol. The Hall–Kier alpha value is -3.26. The van der Waals surface area contributed by atoms with Gasteiger partial charge in [0.15, 0.2) is 0 Å². The van der Waals surface area contributed by atoms with Crippen LogP contribution in [0.2, 0.25) is 0 Å². The van der Waals surface area contributed by atoms with E-state index in [0.717, 1.165) is 5.56 Å². The van der Waals surface area contributed by atoms with Crippen LogP contribution in [-0.2, 0) is 25.6 Å². The van der Waals surface area contributed by atoms with E-state index in [1.807, 2.05) is 30.3 Å². The summed E-state index contributed by atoms with van der Waals surface area (Å²) in [5, 5.41) is 9.47. The van der Waals surface area contributed by atoms with Crippen molar-refractivity contribution in [1.82, 2.24) is 10.6 Å². The van der Waals surface area contributed by atoms with E-state index in [9.17, 15) is 14.0 Å². The van der Waals surface area contributed by atoms with Crippen LogP contribution in [0.3, 0.4) is 0 Å². The zero-order chi connectivity index (χ0) is 21.3. The fourth-order valence-corrected chi connectivity index (χ4v) is 3.05. The second kappa shape index (κ2) is 10.5. The molecule has 2 amide bonds. The quantitative estimate of drug-likeness (QED) is 0.614. The minimum atomic E-state index is -0.852. The molecule has 7 nitrogen and oxygen atoms in total. The van der Waals surface area contributed by atoms with Crippen LogP contribution in [0.4, 0.5) is 4.39 Å². The summed E-state index contributed by atoms with van der Waals surface area (Å²) in [5.41, 5.74) is 2.16. The maximum absolute atomic E-state index is 13.1. The van der Waals surface area contributed by atoms with E-state index < -0.39 is 18.1 Å². The molecule has 1 heterocycles. The van der Waals surface area contributed by atoms with Gasteiger partial charge < -0.3 is 20.2 Å². The number of nitrogens with one attached hydrogen (secondary N) is 2. The van der Waals surface area contributed by atoms with E-state index in [0.29, 0.717) is 30.8 Å². The van der Waals surface area contributed by atoms with Crippen LogP contribution in [0.5, 0.6) is 0 Å². The van der Waals surface area contributed by atoms with Crippen LogP contribution in [0.25, 0.3) is 0 Å². The molecule has 1 aliphatic rings. The van der Waals surface area contributed by atoms with Gasteiger partial charge in [-0.3, -0.25) is 9.59 Å². The van der Waals surface area contributed by atoms with Crippen molar-refractivity contribution < 1.29 is 23.6 Å². The van der Waals surface area contributed by atoms with Gasteiger partial charge >= 0.3 is 0 Å². The number of nitrogens with zero attached hydrogens (tertiary/aromatic N) is 1. The van der Waals surface area contributed by atoms with Gasteiger partial charge in [0.2, 0.25) is 12.0 Å². The largest absolute Gasteiger partial charge is 0.383 e. The molecule has 0 spiro atoms. The van der Waals surface area contributed by atoms with Gasteiger partial charge in [-0.05, 0) is 23.3 Å². The summed E-state index contributed by atoms with van der Waals surface area (Å²) in [6.07, 6.45) is -0.278. The number of ether oxygens (including phenoxy) is 1. The SMILES string of the molecule is COCCNC(=O)[C@@H](Cc1ccccc1)NC(=O)[C@H]1CC(c2ccc(F)cc2)=NO1. The van der Waals surface area contributed by atoms with Crippen molar-refractivity contribution in [2.45, 2.75) is 25.0 Å². The number of oxime groups is 1. The van der Waals surface area contributed by atoms with Gasteiger partial charge in [0.05, 0.1) is 12.3 Å². The average Bonchev–Trinajstić information content (AvgIpc) is 3.25. The number of rotatable bonds is 9. The summed E-state index contributed by atoms with van der Waals surface area (Å²) < 4.78 is 18.1. The molecule has 0 unspecified atom stereocenters. The lowest BCUT2D eigenvalue weighted by Gasteiger charge is -2.20. The zero-order valence-corrected chi connectivity index (χ0v) is 16.6. The highest BCUT2D eigenvalue weighted by Crippen LogP contribution is 2.17. The summed E-state index contributed by atoms with van der Waals surface area (Å²) in [5.74, 6) is -1.09. The van der Waals surface area contributed by atoms with Crippen LogP contribution < -0.4 is 10.6 Å². The van der Waals surface area contributed by atoms with Gasteiger partial charge in [-0.2, -0.15) is 0 Å². The third-order valence-electron chi connectivity index (χ3n) is 4.66. The lowest BCUT2D eigenvalue weighted by Crippen LogP contribution is -2.51. The Bertz CT molecular complexity index is 887. The minimum Gasteiger partial charge on any atom is -0.383 e. The van der Waals surface area contributed by atoms with E-state index in [1.54, 1.807) is 19.2 Å². The molecule has 0 aliphatic carbocycles. The second-order valence-corrected chi connectivity index (χ2v) is 6.88. The summed E-state index contributed by atoms with van der Waals surface area (Å²) in [6.45, 7) is 0.715. The van der Waals surface area contributed by atoms with Crippen molar-refractivity contribution in [3.63, 3.8) is 0 Å². The van der Waals surface area contributed by atoms with Crippen molar-refractivity contribution in [1.29, 1.82) is 0 Å². The van der Waals surface area contributed by atoms with Gasteiger partial charge in [-0.15, -0.1) is 0 Å². The Morgan fingerprint density at radius 1 is 1.20 bits per heavy atom. The molecule has 0 radical (unpaired) electrons. The molecule has 0 fully saturated rings. The van der Waals surface area contributed by atoms with Gasteiger partial charge in [-0.25, -0.2) is 4.39 Å². The van der Waals surface area contributed by atoms with E-state index in [1.165, 1.54) is 12.1 Å². The molecule has 158 valence electrons. The number of hydrogen-bond acceptors (Lipinski definition) is 5. The van der Waals surface area contributed by atoms with Gasteiger partial charge in [0.1, 0.15) is 11.9 Å². The lowest BCUT2D eigenvalue weighted by molar-refractivity contribution is -0.135. The van der Waals surface area contributed by atoms with Crippen LogP contribution in [0.15, 0.2) is 59.8 Å². The highest BCUT2D eigenvalue weighted by molar-refractivity contribution is 6.04. The van der Waals surface area contributed by atoms with Crippen LogP contribution >= 0.6 is 0 Å². The molecular formula is C22H24FN3O4. The Balaban J connectivity index is 1.62. The normalized spacial score (nSPS) is 16.3. The van der Waals surface area contributed by atoms with E-state index in [4.69, 9.17) is 9.57 Å². The molecule has 30 heavy (non-hydrogen) atoms. The fraction of sp³-hybridized carbons (Fsp3) is 0.318. The summed E-state index contributed by atoms with van der Waals surface area (Å²) in [6, 6.07) is 14.5. The topological polar surface area (TPSA) is 89.0 Å². The first-order chi connectivity index (χ1) is 14.6. The first-order valence-electron chi connectivity index (χ1n) is 9.66. The van der Waals surface area contributed by atoms with E-state index >= 15 is 0 Å². The van der Waals surface area contributed by atoms with Gasteiger partial charge in [0.25, 0.3) is 5.91 Å². The third kappa shape index (κ3) is 5.87. The van der Waals surface area contributed by atoms with Crippen molar-refractivity contribution in [3.05, 3.63) is 71.5 Å². The molecule has 1 aliphatic heterocycles. The summed E-state index contributed by atoms with van der Waals surface area (Å²) in [4.78, 5) is 30.6. The number of carbonyl (C=O) groups excluding carboxylic acids is 2. The summed E-state index contributed by atoms with van der Waals surface area (Å²) >= 11 is 0. The number of hydrogen-bond donors (Lipinski definition) is 2. The van der Waals surface area contributed by atoms with Gasteiger partial charge in [0, 0.05) is 26.5 Å². The number of methoxy groups -OCH3 is 1. The van der Waals surface area contributed by atoms with Crippen LogP contribution in [-0.4, -0.2) is 49.9 Å². The van der Waals surface area contributed by atoms with Crippen molar-refractivity contribution in [3.8, 4) is 0 Å². The molecule has 2 N–H and O–H groups in total. The predicted molar refractivity (Wildman–Crippen MR) is 109 cm³/mol. The first kappa shape index (κ1) is 21.4. The van der Waals surface area contributed by atoms with Crippen molar-refractivity contribution in [2.75, 3.05) is 20.3 Å². The van der Waals surface area contributed by atoms with Crippen LogP contribution in [0.1, 0.15) is 17.5 Å². The van der Waals surface area contributed by atoms with Gasteiger partial charge in [-0.1, -0.05) is 47.6 Å². The van der Waals surface area contributed by atoms with E-state index in [2.05, 4.69) is 15.8 Å². The molecule has 0 saturated heterocycles. The maximum Gasteiger partial charge on any atom is 0.265 e.